The largest absolute Gasteiger partial charge is 0.361 e. The normalized spacial score (nSPS) is 18.8. The first-order chi connectivity index (χ1) is 16.6. The lowest BCUT2D eigenvalue weighted by molar-refractivity contribution is 0.187. The molecule has 7 nitrogen and oxygen atoms in total. The van der Waals surface area contributed by atoms with Crippen LogP contribution in [0.25, 0.3) is 27.7 Å². The smallest absolute Gasteiger partial charge is 0.154 e. The zero-order chi connectivity index (χ0) is 22.9. The third-order valence-electron chi connectivity index (χ3n) is 7.85. The lowest BCUT2D eigenvalue weighted by Gasteiger charge is -2.42. The van der Waals surface area contributed by atoms with Gasteiger partial charge in [0.25, 0.3) is 0 Å². The summed E-state index contributed by atoms with van der Waals surface area (Å²) in [5, 5.41) is 5.15. The molecule has 7 rings (SSSR count). The number of piperidine rings is 1. The van der Waals surface area contributed by atoms with Crippen molar-refractivity contribution in [3.8, 4) is 11.3 Å². The molecule has 0 radical (unpaired) electrons. The van der Waals surface area contributed by atoms with E-state index in [4.69, 9.17) is 10.7 Å². The number of aromatic nitrogens is 5. The van der Waals surface area contributed by atoms with Crippen molar-refractivity contribution in [2.45, 2.75) is 25.3 Å². The molecule has 5 aromatic rings. The van der Waals surface area contributed by atoms with Gasteiger partial charge in [0.05, 0.1) is 23.6 Å². The number of nitrogens with one attached hydrogen (secondary N) is 1. The van der Waals surface area contributed by atoms with E-state index in [1.54, 1.807) is 24.5 Å². The molecule has 5 heterocycles. The van der Waals surface area contributed by atoms with Gasteiger partial charge in [-0.3, -0.25) is 4.98 Å². The Morgan fingerprint density at radius 3 is 2.74 bits per heavy atom. The maximum absolute atomic E-state index is 14.2. The summed E-state index contributed by atoms with van der Waals surface area (Å²) in [6, 6.07) is 11.2. The molecule has 1 saturated heterocycles. The second-order valence-corrected chi connectivity index (χ2v) is 9.50. The van der Waals surface area contributed by atoms with E-state index < -0.39 is 0 Å². The fourth-order valence-electron chi connectivity index (χ4n) is 5.98. The molecular weight excluding hydrogens is 465 g/mol. The summed E-state index contributed by atoms with van der Waals surface area (Å²) in [4.78, 5) is 15.0. The van der Waals surface area contributed by atoms with Crippen LogP contribution in [0.1, 0.15) is 30.1 Å². The average Bonchev–Trinajstić information content (AvgIpc) is 3.60. The zero-order valence-electron chi connectivity index (χ0n) is 19.0. The molecule has 1 spiro atoms. The van der Waals surface area contributed by atoms with Gasteiger partial charge in [-0.05, 0) is 60.6 Å². The Morgan fingerprint density at radius 1 is 1.06 bits per heavy atom. The Bertz CT molecular complexity index is 1550. The van der Waals surface area contributed by atoms with Gasteiger partial charge in [0.15, 0.2) is 5.82 Å². The molecule has 0 amide bonds. The average molecular weight is 490 g/mol. The minimum Gasteiger partial charge on any atom is -0.361 e. The summed E-state index contributed by atoms with van der Waals surface area (Å²) in [5.41, 5.74) is 12.5. The summed E-state index contributed by atoms with van der Waals surface area (Å²) >= 11 is 0. The number of pyridine rings is 1. The van der Waals surface area contributed by atoms with E-state index in [1.165, 1.54) is 11.6 Å². The van der Waals surface area contributed by atoms with Gasteiger partial charge in [0.1, 0.15) is 11.3 Å². The molecule has 2 aliphatic rings. The second-order valence-electron chi connectivity index (χ2n) is 9.50. The van der Waals surface area contributed by atoms with E-state index in [0.717, 1.165) is 66.2 Å². The number of halogens is 2. The number of anilines is 1. The first-order valence-electron chi connectivity index (χ1n) is 11.7. The van der Waals surface area contributed by atoms with Gasteiger partial charge in [-0.1, -0.05) is 6.07 Å². The van der Waals surface area contributed by atoms with Crippen LogP contribution in [0.15, 0.2) is 61.2 Å². The summed E-state index contributed by atoms with van der Waals surface area (Å²) in [5.74, 6) is 0.675. The molecular formula is C26H25ClFN7. The lowest BCUT2D eigenvalue weighted by atomic mass is 9.73. The summed E-state index contributed by atoms with van der Waals surface area (Å²) in [7, 11) is 0. The van der Waals surface area contributed by atoms with E-state index in [2.05, 4.69) is 26.0 Å². The lowest BCUT2D eigenvalue weighted by Crippen LogP contribution is -2.44. The first kappa shape index (κ1) is 22.0. The van der Waals surface area contributed by atoms with Crippen LogP contribution < -0.4 is 10.6 Å². The van der Waals surface area contributed by atoms with Crippen LogP contribution in [0.2, 0.25) is 0 Å². The highest BCUT2D eigenvalue weighted by atomic mass is 35.5. The third kappa shape index (κ3) is 3.17. The Morgan fingerprint density at radius 2 is 1.91 bits per heavy atom. The van der Waals surface area contributed by atoms with Crippen LogP contribution in [-0.2, 0) is 6.42 Å². The molecule has 0 bridgehead atoms. The van der Waals surface area contributed by atoms with Crippen molar-refractivity contribution < 1.29 is 4.39 Å². The van der Waals surface area contributed by atoms with Crippen molar-refractivity contribution in [3.05, 3.63) is 78.3 Å². The van der Waals surface area contributed by atoms with Crippen LogP contribution in [0.3, 0.4) is 0 Å². The minimum atomic E-state index is -0.244. The monoisotopic (exact) mass is 489 g/mol. The maximum Gasteiger partial charge on any atom is 0.154 e. The predicted octanol–water partition coefficient (Wildman–Crippen LogP) is 4.68. The Kier molecular flexibility index (Phi) is 5.05. The van der Waals surface area contributed by atoms with Gasteiger partial charge in [-0.15, -0.1) is 12.4 Å². The Labute approximate surface area is 207 Å². The van der Waals surface area contributed by atoms with E-state index in [-0.39, 0.29) is 29.7 Å². The van der Waals surface area contributed by atoms with Crippen LogP contribution >= 0.6 is 12.4 Å². The number of H-pyrrole nitrogens is 1. The quantitative estimate of drug-likeness (QED) is 0.376. The highest BCUT2D eigenvalue weighted by Crippen LogP contribution is 2.50. The van der Waals surface area contributed by atoms with Gasteiger partial charge >= 0.3 is 0 Å². The number of aromatic amines is 1. The number of hydrogen-bond acceptors (Lipinski definition) is 5. The molecule has 9 heteroatoms. The standard InChI is InChI=1S/C26H24FN7.ClH/c27-19-4-3-18(23-16(19)5-10-30-23)22-15-31-25(21-6-11-32-34(21)22)33-12-7-26(8-13-33)14-20-17(24(26)28)2-1-9-29-20;/h1-6,9-11,15,24,30H,7-8,12-14,28H2;1H/t24-;/m1./s1. The Balaban J connectivity index is 0.00000229. The molecule has 1 aliphatic heterocycles. The van der Waals surface area contributed by atoms with E-state index in [9.17, 15) is 4.39 Å². The molecule has 3 N–H and O–H groups in total. The topological polar surface area (TPSA) is 88.1 Å². The highest BCUT2D eigenvalue weighted by Gasteiger charge is 2.46. The zero-order valence-corrected chi connectivity index (χ0v) is 19.8. The molecule has 1 fully saturated rings. The van der Waals surface area contributed by atoms with Crippen molar-refractivity contribution in [1.82, 2.24) is 24.6 Å². The van der Waals surface area contributed by atoms with Crippen LogP contribution in [-0.4, -0.2) is 37.7 Å². The van der Waals surface area contributed by atoms with Crippen molar-refractivity contribution in [2.75, 3.05) is 18.0 Å². The van der Waals surface area contributed by atoms with Gasteiger partial charge < -0.3 is 15.6 Å². The van der Waals surface area contributed by atoms with Crippen molar-refractivity contribution >= 4 is 34.6 Å². The Hall–Kier alpha value is -3.49. The van der Waals surface area contributed by atoms with E-state index in [0.29, 0.717) is 5.39 Å². The third-order valence-corrected chi connectivity index (χ3v) is 7.85. The second kappa shape index (κ2) is 8.03. The molecule has 4 aromatic heterocycles. The fraction of sp³-hybridized carbons (Fsp3) is 0.269. The van der Waals surface area contributed by atoms with Crippen molar-refractivity contribution in [2.24, 2.45) is 11.1 Å². The van der Waals surface area contributed by atoms with E-state index in [1.807, 2.05) is 29.0 Å². The van der Waals surface area contributed by atoms with E-state index >= 15 is 0 Å². The molecule has 1 aliphatic carbocycles. The molecule has 35 heavy (non-hydrogen) atoms. The summed E-state index contributed by atoms with van der Waals surface area (Å²) in [6.45, 7) is 1.76. The van der Waals surface area contributed by atoms with Gasteiger partial charge in [0.2, 0.25) is 0 Å². The van der Waals surface area contributed by atoms with Crippen molar-refractivity contribution in [1.29, 1.82) is 0 Å². The summed E-state index contributed by atoms with van der Waals surface area (Å²) in [6.07, 6.45) is 10.2. The molecule has 178 valence electrons. The van der Waals surface area contributed by atoms with Crippen LogP contribution in [0, 0.1) is 11.2 Å². The van der Waals surface area contributed by atoms with Gasteiger partial charge in [0, 0.05) is 48.2 Å². The fourth-order valence-corrected chi connectivity index (χ4v) is 5.98. The van der Waals surface area contributed by atoms with Crippen molar-refractivity contribution in [3.63, 3.8) is 0 Å². The number of nitrogens with two attached hydrogens (primary N) is 1. The number of fused-ring (bicyclic) bond motifs is 3. The highest BCUT2D eigenvalue weighted by molar-refractivity contribution is 5.94. The number of rotatable bonds is 2. The molecule has 1 atom stereocenters. The van der Waals surface area contributed by atoms with Crippen LogP contribution in [0.4, 0.5) is 10.2 Å². The number of nitrogens with zero attached hydrogens (tertiary/aromatic N) is 5. The predicted molar refractivity (Wildman–Crippen MR) is 136 cm³/mol. The minimum absolute atomic E-state index is 0. The number of hydrogen-bond donors (Lipinski definition) is 2. The molecule has 1 aromatic carbocycles. The first-order valence-corrected chi connectivity index (χ1v) is 11.7. The maximum atomic E-state index is 14.2. The SMILES string of the molecule is Cl.N[C@@H]1c2cccnc2CC12CCN(c1ncc(-c3ccc(F)c4cc[nH]c34)n3nccc13)CC2. The molecule has 0 unspecified atom stereocenters. The molecule has 0 saturated carbocycles. The van der Waals surface area contributed by atoms with Gasteiger partial charge in [-0.2, -0.15) is 5.10 Å². The van der Waals surface area contributed by atoms with Crippen LogP contribution in [0.5, 0.6) is 0 Å². The summed E-state index contributed by atoms with van der Waals surface area (Å²) < 4.78 is 16.1. The number of benzene rings is 1. The van der Waals surface area contributed by atoms with Gasteiger partial charge in [-0.25, -0.2) is 13.9 Å².